The number of sulfone groups is 2. The van der Waals surface area contributed by atoms with Gasteiger partial charge in [-0.3, -0.25) is 0 Å². The molecule has 0 heterocycles. The smallest absolute Gasteiger partial charge is 0.200 e. The van der Waals surface area contributed by atoms with Crippen LogP contribution in [0.1, 0.15) is 16.7 Å². The molecule has 6 heteroatoms. The van der Waals surface area contributed by atoms with E-state index in [4.69, 9.17) is 0 Å². The van der Waals surface area contributed by atoms with Crippen LogP contribution in [-0.2, 0) is 19.7 Å². The Balaban J connectivity index is 1.98. The van der Waals surface area contributed by atoms with E-state index in [1.165, 1.54) is 24.3 Å². The molecule has 0 aromatic heterocycles. The molecule has 0 unspecified atom stereocenters. The molecule has 0 bridgehead atoms. The lowest BCUT2D eigenvalue weighted by molar-refractivity contribution is 0.583. The van der Waals surface area contributed by atoms with Crippen LogP contribution in [0.2, 0.25) is 0 Å². The zero-order valence-electron chi connectivity index (χ0n) is 21.0. The molecule has 0 aliphatic rings. The Kier molecular flexibility index (Phi) is 7.59. The molecule has 194 valence electrons. The minimum atomic E-state index is -4.46. The van der Waals surface area contributed by atoms with Crippen molar-refractivity contribution in [2.45, 2.75) is 14.4 Å². The first-order valence-electron chi connectivity index (χ1n) is 12.4. The van der Waals surface area contributed by atoms with E-state index in [2.05, 4.69) is 0 Å². The Morgan fingerprint density at radius 1 is 0.385 bits per heavy atom. The van der Waals surface area contributed by atoms with Gasteiger partial charge in [-0.2, -0.15) is 0 Å². The normalized spacial score (nSPS) is 11.7. The summed E-state index contributed by atoms with van der Waals surface area (Å²) < 4.78 is 56.2. The van der Waals surface area contributed by atoms with Gasteiger partial charge < -0.3 is 0 Å². The summed E-state index contributed by atoms with van der Waals surface area (Å²) in [7, 11) is -8.92. The maximum atomic E-state index is 14.5. The Morgan fingerprint density at radius 3 is 1.00 bits per heavy atom. The average molecular weight is 551 g/mol. The second kappa shape index (κ2) is 11.2. The molecule has 5 rings (SSSR count). The maximum absolute atomic E-state index is 14.5. The van der Waals surface area contributed by atoms with Gasteiger partial charge in [-0.25, -0.2) is 16.8 Å². The van der Waals surface area contributed by atoms with Crippen molar-refractivity contribution in [2.24, 2.45) is 0 Å². The lowest BCUT2D eigenvalue weighted by Crippen LogP contribution is -2.33. The Labute approximate surface area is 229 Å². The summed E-state index contributed by atoms with van der Waals surface area (Å²) in [5.74, 6) is 0. The second-order valence-electron chi connectivity index (χ2n) is 8.93. The van der Waals surface area contributed by atoms with Gasteiger partial charge in [-0.1, -0.05) is 127 Å². The zero-order chi connectivity index (χ0) is 27.3. The third-order valence-electron chi connectivity index (χ3n) is 6.42. The van der Waals surface area contributed by atoms with E-state index in [-0.39, 0.29) is 15.4 Å². The van der Waals surface area contributed by atoms with Crippen molar-refractivity contribution in [3.8, 4) is 0 Å². The summed E-state index contributed by atoms with van der Waals surface area (Å²) >= 11 is 0. The maximum Gasteiger partial charge on any atom is 0.200 e. The van der Waals surface area contributed by atoms with Gasteiger partial charge in [0.15, 0.2) is 24.3 Å². The van der Waals surface area contributed by atoms with E-state index in [9.17, 15) is 16.8 Å². The summed E-state index contributed by atoms with van der Waals surface area (Å²) in [6.07, 6.45) is 0. The monoisotopic (exact) mass is 550 g/mol. The largest absolute Gasteiger partial charge is 0.222 e. The van der Waals surface area contributed by atoms with Crippen LogP contribution in [-0.4, -0.2) is 21.4 Å². The molecule has 0 aliphatic heterocycles. The summed E-state index contributed by atoms with van der Waals surface area (Å²) in [5.41, 5.74) is 2.65. The first kappa shape index (κ1) is 26.4. The highest BCUT2D eigenvalue weighted by Crippen LogP contribution is 2.42. The van der Waals surface area contributed by atoms with Crippen molar-refractivity contribution < 1.29 is 16.8 Å². The predicted molar refractivity (Wildman–Crippen MR) is 156 cm³/mol. The lowest BCUT2D eigenvalue weighted by atomic mass is 9.90. The lowest BCUT2D eigenvalue weighted by Gasteiger charge is -2.26. The molecular weight excluding hydrogens is 524 g/mol. The van der Waals surface area contributed by atoms with Gasteiger partial charge >= 0.3 is 0 Å². The summed E-state index contributed by atoms with van der Waals surface area (Å²) in [6, 6.07) is 43.1. The molecule has 5 aromatic rings. The fourth-order valence-electron chi connectivity index (χ4n) is 4.65. The van der Waals surface area contributed by atoms with E-state index in [0.29, 0.717) is 22.3 Å². The van der Waals surface area contributed by atoms with Crippen LogP contribution in [0.25, 0.3) is 11.1 Å². The summed E-state index contributed by atoms with van der Waals surface area (Å²) in [6.45, 7) is 0. The third kappa shape index (κ3) is 5.35. The van der Waals surface area contributed by atoms with Crippen LogP contribution >= 0.6 is 0 Å². The van der Waals surface area contributed by atoms with Crippen LogP contribution < -0.4 is 0 Å². The molecule has 0 radical (unpaired) electrons. The van der Waals surface area contributed by atoms with E-state index < -0.39 is 24.3 Å². The molecule has 5 aromatic carbocycles. The first-order chi connectivity index (χ1) is 18.9. The summed E-state index contributed by atoms with van der Waals surface area (Å²) in [4.78, 5) is -0.133. The molecule has 0 atom stereocenters. The van der Waals surface area contributed by atoms with Gasteiger partial charge in [0.2, 0.25) is 0 Å². The van der Waals surface area contributed by atoms with Gasteiger partial charge in [0.05, 0.1) is 9.79 Å². The standard InChI is InChI=1S/C33H26O4S2/c34-38(35,29-22-12-4-13-23-29)33(39(36,37)30-24-14-5-15-25-30)32(28-20-10-3-11-21-28)31(26-16-6-1-7-17-26)27-18-8-2-9-19-27/h1-25,33H. The average Bonchev–Trinajstić information content (AvgIpc) is 2.99. The predicted octanol–water partition coefficient (Wildman–Crippen LogP) is 6.92. The van der Waals surface area contributed by atoms with Crippen LogP contribution in [0.5, 0.6) is 0 Å². The van der Waals surface area contributed by atoms with E-state index in [0.717, 1.165) is 0 Å². The first-order valence-corrected chi connectivity index (χ1v) is 15.5. The fraction of sp³-hybridized carbons (Fsp3) is 0.0303. The Bertz CT molecular complexity index is 1670. The molecular formula is C33H26O4S2. The molecule has 0 fully saturated rings. The number of hydrogen-bond donors (Lipinski definition) is 0. The number of hydrogen-bond acceptors (Lipinski definition) is 4. The molecule has 0 spiro atoms. The van der Waals surface area contributed by atoms with Crippen molar-refractivity contribution in [1.82, 2.24) is 0 Å². The minimum Gasteiger partial charge on any atom is -0.222 e. The number of rotatable bonds is 8. The van der Waals surface area contributed by atoms with Crippen molar-refractivity contribution in [3.63, 3.8) is 0 Å². The quantitative estimate of drug-likeness (QED) is 0.197. The zero-order valence-corrected chi connectivity index (χ0v) is 22.6. The second-order valence-corrected chi connectivity index (χ2v) is 13.3. The van der Waals surface area contributed by atoms with E-state index in [1.807, 2.05) is 66.7 Å². The molecule has 39 heavy (non-hydrogen) atoms. The molecule has 4 nitrogen and oxygen atoms in total. The highest BCUT2D eigenvalue weighted by molar-refractivity contribution is 8.09. The van der Waals surface area contributed by atoms with Gasteiger partial charge in [0.1, 0.15) is 0 Å². The van der Waals surface area contributed by atoms with Gasteiger partial charge in [0, 0.05) is 5.57 Å². The Hall–Kier alpha value is -4.26. The topological polar surface area (TPSA) is 68.3 Å². The molecule has 0 amide bonds. The van der Waals surface area contributed by atoms with Crippen molar-refractivity contribution >= 4 is 30.8 Å². The SMILES string of the molecule is O=S(=O)(c1ccccc1)C(C(=C(c1ccccc1)c1ccccc1)c1ccccc1)S(=O)(=O)c1ccccc1. The molecule has 0 saturated carbocycles. The minimum absolute atomic E-state index is 0.0663. The van der Waals surface area contributed by atoms with Crippen molar-refractivity contribution in [3.05, 3.63) is 168 Å². The van der Waals surface area contributed by atoms with Gasteiger partial charge in [-0.05, 0) is 46.5 Å². The fourth-order valence-corrected chi connectivity index (χ4v) is 9.34. The van der Waals surface area contributed by atoms with Crippen LogP contribution in [0.15, 0.2) is 161 Å². The number of benzene rings is 5. The van der Waals surface area contributed by atoms with Crippen molar-refractivity contribution in [1.29, 1.82) is 0 Å². The Morgan fingerprint density at radius 2 is 0.667 bits per heavy atom. The van der Waals surface area contributed by atoms with Crippen LogP contribution in [0.4, 0.5) is 0 Å². The highest BCUT2D eigenvalue weighted by atomic mass is 32.3. The molecule has 0 saturated heterocycles. The van der Waals surface area contributed by atoms with Crippen molar-refractivity contribution in [2.75, 3.05) is 0 Å². The van der Waals surface area contributed by atoms with Crippen LogP contribution in [0.3, 0.4) is 0 Å². The van der Waals surface area contributed by atoms with Gasteiger partial charge in [0.25, 0.3) is 0 Å². The van der Waals surface area contributed by atoms with Gasteiger partial charge in [-0.15, -0.1) is 0 Å². The molecule has 0 N–H and O–H groups in total. The van der Waals surface area contributed by atoms with Crippen LogP contribution in [0, 0.1) is 0 Å². The summed E-state index contributed by atoms with van der Waals surface area (Å²) in [5, 5.41) is 0. The van der Waals surface area contributed by atoms with E-state index >= 15 is 0 Å². The molecule has 0 aliphatic carbocycles. The highest BCUT2D eigenvalue weighted by Gasteiger charge is 2.44. The van der Waals surface area contributed by atoms with E-state index in [1.54, 1.807) is 60.7 Å². The third-order valence-corrected chi connectivity index (χ3v) is 11.4.